The lowest BCUT2D eigenvalue weighted by Crippen LogP contribution is -2.56. The summed E-state index contributed by atoms with van der Waals surface area (Å²) in [6, 6.07) is 5.22. The largest absolute Gasteiger partial charge is 0.461 e. The van der Waals surface area contributed by atoms with Crippen LogP contribution in [0.4, 0.5) is 17.6 Å². The number of para-hydroxylation sites is 1. The number of hydrogen-bond acceptors (Lipinski definition) is 4. The van der Waals surface area contributed by atoms with E-state index in [0.29, 0.717) is 32.5 Å². The molecule has 1 aromatic carbocycles. The minimum absolute atomic E-state index is 0.157. The van der Waals surface area contributed by atoms with E-state index in [0.717, 1.165) is 19.2 Å². The molecule has 0 N–H and O–H groups in total. The number of amides is 1. The van der Waals surface area contributed by atoms with Gasteiger partial charge in [-0.15, -0.1) is 0 Å². The number of rotatable bonds is 4. The first kappa shape index (κ1) is 19.9. The molecule has 2 heterocycles. The molecule has 0 unspecified atom stereocenters. The molecule has 0 bridgehead atoms. The Labute approximate surface area is 154 Å². The monoisotopic (exact) mass is 390 g/mol. The van der Waals surface area contributed by atoms with Crippen molar-refractivity contribution < 1.29 is 31.8 Å². The Bertz CT molecular complexity index is 678. The lowest BCUT2D eigenvalue weighted by atomic mass is 9.89. The average molecular weight is 390 g/mol. The Morgan fingerprint density at radius 2 is 1.89 bits per heavy atom. The van der Waals surface area contributed by atoms with Gasteiger partial charge in [0.2, 0.25) is 0 Å². The van der Waals surface area contributed by atoms with Crippen LogP contribution in [-0.4, -0.2) is 73.7 Å². The van der Waals surface area contributed by atoms with Crippen LogP contribution in [0.3, 0.4) is 0 Å². The first-order valence-electron chi connectivity index (χ1n) is 8.78. The molecule has 1 aromatic rings. The molecule has 9 heteroatoms. The van der Waals surface area contributed by atoms with Crippen LogP contribution in [0.25, 0.3) is 0 Å². The Balaban J connectivity index is 1.70. The predicted molar refractivity (Wildman–Crippen MR) is 89.3 cm³/mol. The van der Waals surface area contributed by atoms with E-state index in [1.165, 1.54) is 23.1 Å². The van der Waals surface area contributed by atoms with E-state index >= 15 is 0 Å². The van der Waals surface area contributed by atoms with E-state index in [4.69, 9.17) is 4.74 Å². The quantitative estimate of drug-likeness (QED) is 0.742. The highest BCUT2D eigenvalue weighted by molar-refractivity contribution is 5.97. The number of carbonyl (C=O) groups excluding carboxylic acids is 1. The minimum Gasteiger partial charge on any atom is -0.427 e. The zero-order valence-electron chi connectivity index (χ0n) is 15.0. The molecule has 1 spiro atoms. The highest BCUT2D eigenvalue weighted by atomic mass is 19.3. The molecule has 27 heavy (non-hydrogen) atoms. The molecule has 0 atom stereocenters. The van der Waals surface area contributed by atoms with Crippen LogP contribution in [0.2, 0.25) is 0 Å². The molecule has 2 aliphatic heterocycles. The number of piperidine rings is 1. The molecular weight excluding hydrogens is 368 g/mol. The van der Waals surface area contributed by atoms with E-state index in [9.17, 15) is 22.4 Å². The molecule has 0 radical (unpaired) electrons. The van der Waals surface area contributed by atoms with Crippen LogP contribution < -0.4 is 4.74 Å². The van der Waals surface area contributed by atoms with Crippen LogP contribution in [-0.2, 0) is 4.74 Å². The number of halogens is 4. The summed E-state index contributed by atoms with van der Waals surface area (Å²) < 4.78 is 61.5. The smallest absolute Gasteiger partial charge is 0.427 e. The molecule has 2 saturated heterocycles. The minimum atomic E-state index is -4.66. The number of carbonyl (C=O) groups is 1. The zero-order valence-corrected chi connectivity index (χ0v) is 15.0. The van der Waals surface area contributed by atoms with Crippen LogP contribution in [0.15, 0.2) is 24.3 Å². The Morgan fingerprint density at radius 1 is 1.22 bits per heavy atom. The number of likely N-dealkylation sites (N-methyl/N-ethyl adjacent to an activating group) is 1. The first-order chi connectivity index (χ1) is 12.7. The van der Waals surface area contributed by atoms with Crippen molar-refractivity contribution in [2.24, 2.45) is 0 Å². The van der Waals surface area contributed by atoms with Crippen LogP contribution in [0.5, 0.6) is 5.75 Å². The Kier molecular flexibility index (Phi) is 5.62. The van der Waals surface area contributed by atoms with Gasteiger partial charge in [0.15, 0.2) is 0 Å². The maximum Gasteiger partial charge on any atom is 0.461 e. The van der Waals surface area contributed by atoms with Gasteiger partial charge in [-0.05, 0) is 32.0 Å². The summed E-state index contributed by atoms with van der Waals surface area (Å²) in [4.78, 5) is 16.5. The van der Waals surface area contributed by atoms with Crippen molar-refractivity contribution in [2.45, 2.75) is 31.0 Å². The highest BCUT2D eigenvalue weighted by Crippen LogP contribution is 2.33. The predicted octanol–water partition coefficient (Wildman–Crippen LogP) is 2.86. The molecule has 1 amide bonds. The summed E-state index contributed by atoms with van der Waals surface area (Å²) in [5.41, 5.74) is -0.460. The second-order valence-corrected chi connectivity index (χ2v) is 7.02. The lowest BCUT2D eigenvalue weighted by molar-refractivity contribution is -0.253. The third-order valence-corrected chi connectivity index (χ3v) is 5.02. The van der Waals surface area contributed by atoms with Gasteiger partial charge in [0.05, 0.1) is 17.8 Å². The summed E-state index contributed by atoms with van der Waals surface area (Å²) in [6.45, 7) is 3.05. The van der Waals surface area contributed by atoms with Gasteiger partial charge in [0.1, 0.15) is 5.75 Å². The SMILES string of the molecule is CN1CCOC2(CCN(C(=O)c3ccccc3OC(F)(F)C(F)F)CC2)C1. The van der Waals surface area contributed by atoms with E-state index in [1.807, 2.05) is 7.05 Å². The number of morpholine rings is 1. The summed E-state index contributed by atoms with van der Waals surface area (Å²) >= 11 is 0. The van der Waals surface area contributed by atoms with Gasteiger partial charge >= 0.3 is 12.5 Å². The number of ether oxygens (including phenoxy) is 2. The van der Waals surface area contributed by atoms with E-state index in [-0.39, 0.29) is 11.2 Å². The summed E-state index contributed by atoms with van der Waals surface area (Å²) in [5.74, 6) is -1.07. The lowest BCUT2D eigenvalue weighted by Gasteiger charge is -2.46. The van der Waals surface area contributed by atoms with E-state index in [2.05, 4.69) is 9.64 Å². The summed E-state index contributed by atoms with van der Waals surface area (Å²) in [6.07, 6.45) is -7.41. The summed E-state index contributed by atoms with van der Waals surface area (Å²) in [7, 11) is 2.01. The van der Waals surface area contributed by atoms with Gasteiger partial charge in [-0.1, -0.05) is 12.1 Å². The second-order valence-electron chi connectivity index (χ2n) is 7.02. The van der Waals surface area contributed by atoms with Crippen molar-refractivity contribution in [2.75, 3.05) is 39.8 Å². The molecular formula is C18H22F4N2O3. The Morgan fingerprint density at radius 3 is 2.52 bits per heavy atom. The highest BCUT2D eigenvalue weighted by Gasteiger charge is 2.45. The van der Waals surface area contributed by atoms with Gasteiger partial charge in [0, 0.05) is 26.2 Å². The molecule has 5 nitrogen and oxygen atoms in total. The average Bonchev–Trinajstić information content (AvgIpc) is 2.62. The van der Waals surface area contributed by atoms with E-state index in [1.54, 1.807) is 0 Å². The van der Waals surface area contributed by atoms with Gasteiger partial charge < -0.3 is 19.3 Å². The fourth-order valence-electron chi connectivity index (χ4n) is 3.55. The van der Waals surface area contributed by atoms with Crippen molar-refractivity contribution in [1.82, 2.24) is 9.80 Å². The third kappa shape index (κ3) is 4.35. The van der Waals surface area contributed by atoms with Crippen LogP contribution >= 0.6 is 0 Å². The molecule has 3 rings (SSSR count). The van der Waals surface area contributed by atoms with Crippen LogP contribution in [0.1, 0.15) is 23.2 Å². The zero-order chi connectivity index (χ0) is 19.7. The standard InChI is InChI=1S/C18H22F4N2O3/c1-23-10-11-26-17(12-23)6-8-24(9-7-17)15(25)13-4-2-3-5-14(13)27-18(21,22)16(19)20/h2-5,16H,6-12H2,1H3. The fraction of sp³-hybridized carbons (Fsp3) is 0.611. The summed E-state index contributed by atoms with van der Waals surface area (Å²) in [5, 5.41) is 0. The van der Waals surface area contributed by atoms with Crippen molar-refractivity contribution in [3.8, 4) is 5.75 Å². The Hall–Kier alpha value is -1.87. The van der Waals surface area contributed by atoms with Gasteiger partial charge in [-0.2, -0.15) is 17.6 Å². The number of hydrogen-bond donors (Lipinski definition) is 0. The van der Waals surface area contributed by atoms with Gasteiger partial charge in [0.25, 0.3) is 5.91 Å². The number of nitrogens with zero attached hydrogens (tertiary/aromatic N) is 2. The molecule has 2 aliphatic rings. The number of alkyl halides is 4. The number of likely N-dealkylation sites (tertiary alicyclic amines) is 1. The molecule has 0 aromatic heterocycles. The topological polar surface area (TPSA) is 42.0 Å². The number of benzene rings is 1. The normalized spacial score (nSPS) is 20.9. The first-order valence-corrected chi connectivity index (χ1v) is 8.78. The van der Waals surface area contributed by atoms with Crippen molar-refractivity contribution in [3.05, 3.63) is 29.8 Å². The maximum absolute atomic E-state index is 13.3. The van der Waals surface area contributed by atoms with Crippen molar-refractivity contribution >= 4 is 5.91 Å². The second kappa shape index (κ2) is 7.63. The molecule has 0 aliphatic carbocycles. The van der Waals surface area contributed by atoms with E-state index < -0.39 is 24.2 Å². The maximum atomic E-state index is 13.3. The van der Waals surface area contributed by atoms with Gasteiger partial charge in [-0.25, -0.2) is 0 Å². The molecule has 150 valence electrons. The van der Waals surface area contributed by atoms with Crippen molar-refractivity contribution in [3.63, 3.8) is 0 Å². The van der Waals surface area contributed by atoms with Crippen LogP contribution in [0, 0.1) is 0 Å². The third-order valence-electron chi connectivity index (χ3n) is 5.02. The molecule has 2 fully saturated rings. The van der Waals surface area contributed by atoms with Gasteiger partial charge in [-0.3, -0.25) is 4.79 Å². The molecule has 0 saturated carbocycles. The fourth-order valence-corrected chi connectivity index (χ4v) is 3.55. The van der Waals surface area contributed by atoms with Crippen molar-refractivity contribution in [1.29, 1.82) is 0 Å².